The van der Waals surface area contributed by atoms with E-state index < -0.39 is 9.84 Å². The molecule has 44 heavy (non-hydrogen) atoms. The zero-order valence-corrected chi connectivity index (χ0v) is 27.6. The number of aryl methyl sites for hydroxylation is 2. The molecule has 0 aliphatic carbocycles. The number of unbranched alkanes of at least 4 members (excludes halogenated alkanes) is 1. The highest BCUT2D eigenvalue weighted by Gasteiger charge is 2.27. The monoisotopic (exact) mass is 618 g/mol. The normalized spacial score (nSPS) is 16.3. The summed E-state index contributed by atoms with van der Waals surface area (Å²) >= 11 is 0. The van der Waals surface area contributed by atoms with E-state index in [1.807, 2.05) is 61.4 Å². The van der Waals surface area contributed by atoms with E-state index in [0.29, 0.717) is 49.0 Å². The van der Waals surface area contributed by atoms with E-state index in [2.05, 4.69) is 42.1 Å². The summed E-state index contributed by atoms with van der Waals surface area (Å²) in [4.78, 5) is 16.2. The molecule has 1 saturated heterocycles. The molecule has 2 aromatic carbocycles. The van der Waals surface area contributed by atoms with Crippen LogP contribution in [0.1, 0.15) is 64.0 Å². The summed E-state index contributed by atoms with van der Waals surface area (Å²) in [7, 11) is -3.06. The molecule has 0 saturated carbocycles. The topological polar surface area (TPSA) is 123 Å². The fraction of sp³-hybridized carbons (Fsp3) is 0.441. The van der Waals surface area contributed by atoms with Crippen molar-refractivity contribution in [1.29, 1.82) is 0 Å². The first kappa shape index (κ1) is 33.0. The second-order valence-corrected chi connectivity index (χ2v) is 14.0. The Morgan fingerprint density at radius 1 is 1.16 bits per heavy atom. The maximum absolute atomic E-state index is 12.0. The van der Waals surface area contributed by atoms with Crippen LogP contribution >= 0.6 is 0 Å². The van der Waals surface area contributed by atoms with Crippen LogP contribution in [0, 0.1) is 19.8 Å². The summed E-state index contributed by atoms with van der Waals surface area (Å²) in [6, 6.07) is 11.8. The number of piperidine rings is 1. The van der Waals surface area contributed by atoms with Crippen LogP contribution in [0.25, 0.3) is 11.9 Å². The number of sulfone groups is 1. The van der Waals surface area contributed by atoms with Gasteiger partial charge < -0.3 is 20.7 Å². The van der Waals surface area contributed by atoms with Crippen LogP contribution < -0.4 is 31.3 Å². The van der Waals surface area contributed by atoms with E-state index in [9.17, 15) is 8.42 Å². The lowest BCUT2D eigenvalue weighted by Gasteiger charge is -2.31. The predicted molar refractivity (Wildman–Crippen MR) is 182 cm³/mol. The lowest BCUT2D eigenvalue weighted by atomic mass is 10.1. The molecule has 1 fully saturated rings. The van der Waals surface area contributed by atoms with Crippen LogP contribution in [0.4, 0.5) is 17.3 Å². The van der Waals surface area contributed by atoms with Gasteiger partial charge in [0.25, 0.3) is 0 Å². The van der Waals surface area contributed by atoms with Gasteiger partial charge in [0.05, 0.1) is 10.9 Å². The minimum absolute atomic E-state index is 0.319. The average molecular weight is 619 g/mol. The Labute approximate surface area is 261 Å². The van der Waals surface area contributed by atoms with Gasteiger partial charge in [-0.05, 0) is 80.8 Å². The van der Waals surface area contributed by atoms with Gasteiger partial charge >= 0.3 is 0 Å². The van der Waals surface area contributed by atoms with Crippen molar-refractivity contribution in [2.45, 2.75) is 72.0 Å². The molecule has 1 aliphatic heterocycles. The Kier molecular flexibility index (Phi) is 11.0. The molecule has 3 aromatic rings. The van der Waals surface area contributed by atoms with Gasteiger partial charge in [-0.25, -0.2) is 18.4 Å². The Bertz CT molecular complexity index is 1710. The molecule has 0 bridgehead atoms. The van der Waals surface area contributed by atoms with Crippen molar-refractivity contribution >= 4 is 45.3 Å². The van der Waals surface area contributed by atoms with Gasteiger partial charge in [0.15, 0.2) is 0 Å². The average Bonchev–Trinajstić information content (AvgIpc) is 3.00. The number of nitrogens with zero attached hydrogens (tertiary/aromatic N) is 4. The summed E-state index contributed by atoms with van der Waals surface area (Å²) in [5.74, 6) is 2.86. The number of rotatable bonds is 11. The van der Waals surface area contributed by atoms with Gasteiger partial charge in [0, 0.05) is 48.7 Å². The number of ether oxygens (including phenoxy) is 1. The largest absolute Gasteiger partial charge is 0.457 e. The fourth-order valence-electron chi connectivity index (χ4n) is 4.97. The smallest absolute Gasteiger partial charge is 0.226 e. The quantitative estimate of drug-likeness (QED) is 0.275. The van der Waals surface area contributed by atoms with Gasteiger partial charge in [0.2, 0.25) is 5.95 Å². The molecule has 9 nitrogen and oxygen atoms in total. The van der Waals surface area contributed by atoms with E-state index in [1.165, 1.54) is 6.26 Å². The van der Waals surface area contributed by atoms with E-state index in [0.717, 1.165) is 58.5 Å². The summed E-state index contributed by atoms with van der Waals surface area (Å²) < 4.78 is 30.3. The van der Waals surface area contributed by atoms with Gasteiger partial charge in [0.1, 0.15) is 32.5 Å². The van der Waals surface area contributed by atoms with Gasteiger partial charge in [-0.15, -0.1) is 0 Å². The second kappa shape index (κ2) is 14.7. The molecule has 0 radical (unpaired) electrons. The molecule has 1 aliphatic rings. The molecule has 1 aromatic heterocycles. The highest BCUT2D eigenvalue weighted by atomic mass is 32.2. The minimum Gasteiger partial charge on any atom is -0.457 e. The van der Waals surface area contributed by atoms with Crippen molar-refractivity contribution in [3.63, 3.8) is 0 Å². The first-order valence-electron chi connectivity index (χ1n) is 15.5. The van der Waals surface area contributed by atoms with Gasteiger partial charge in [-0.3, -0.25) is 4.99 Å². The van der Waals surface area contributed by atoms with E-state index in [-0.39, 0.29) is 5.25 Å². The SMILES string of the molecule is CCC/C=c1\cnc(N2CCC(S(C)(=O)=O)CC2)n\c1=C(\N)Nc1ccc(Oc2ccc(C)c(N=CC(C)CC)c2)c(C)c1. The zero-order valence-electron chi connectivity index (χ0n) is 26.8. The molecule has 236 valence electrons. The van der Waals surface area contributed by atoms with Crippen LogP contribution in [0.3, 0.4) is 0 Å². The molecule has 3 N–H and O–H groups in total. The Morgan fingerprint density at radius 2 is 1.91 bits per heavy atom. The molecule has 2 heterocycles. The maximum atomic E-state index is 12.0. The van der Waals surface area contributed by atoms with Crippen molar-refractivity contribution < 1.29 is 13.2 Å². The highest BCUT2D eigenvalue weighted by molar-refractivity contribution is 7.91. The molecular formula is C34H46N6O3S. The number of hydrogen-bond acceptors (Lipinski definition) is 9. The lowest BCUT2D eigenvalue weighted by molar-refractivity contribution is 0.479. The Balaban J connectivity index is 1.57. The number of aromatic nitrogens is 2. The van der Waals surface area contributed by atoms with Gasteiger partial charge in [-0.1, -0.05) is 39.3 Å². The minimum atomic E-state index is -3.06. The standard InChI is InChI=1S/C34H46N6O3S/c1-7-9-10-26-22-37-34(40-17-15-29(16-18-40)44(6,41)42)39-32(26)33(35)38-27-12-14-31(25(5)19-27)43-28-13-11-24(4)30(20-28)36-21-23(3)8-2/h10-14,19-23,29,38H,7-9,15-18,35H2,1-6H3/b26-10+,33-32-,36-21?. The predicted octanol–water partition coefficient (Wildman–Crippen LogP) is 5.36. The Hall–Kier alpha value is -3.92. The molecule has 4 rings (SSSR count). The number of nitrogens with two attached hydrogens (primary N) is 1. The zero-order chi connectivity index (χ0) is 31.9. The fourth-order valence-corrected chi connectivity index (χ4v) is 6.04. The van der Waals surface area contributed by atoms with E-state index in [1.54, 1.807) is 6.20 Å². The summed E-state index contributed by atoms with van der Waals surface area (Å²) in [5, 5.41) is 4.48. The number of benzene rings is 2. The van der Waals surface area contributed by atoms with Crippen molar-refractivity contribution in [1.82, 2.24) is 9.97 Å². The molecular weight excluding hydrogens is 572 g/mol. The van der Waals surface area contributed by atoms with Crippen LogP contribution in [0.15, 0.2) is 47.6 Å². The first-order chi connectivity index (χ1) is 21.0. The van der Waals surface area contributed by atoms with E-state index >= 15 is 0 Å². The third-order valence-corrected chi connectivity index (χ3v) is 9.70. The molecule has 1 unspecified atom stereocenters. The van der Waals surface area contributed by atoms with Crippen molar-refractivity contribution in [2.75, 3.05) is 29.6 Å². The summed E-state index contributed by atoms with van der Waals surface area (Å²) in [6.07, 6.45) is 11.2. The third kappa shape index (κ3) is 8.59. The van der Waals surface area contributed by atoms with Gasteiger partial charge in [-0.2, -0.15) is 0 Å². The van der Waals surface area contributed by atoms with Crippen molar-refractivity contribution in [3.8, 4) is 11.5 Å². The van der Waals surface area contributed by atoms with Crippen LogP contribution in [0.2, 0.25) is 0 Å². The number of anilines is 2. The maximum Gasteiger partial charge on any atom is 0.226 e. The number of nitrogens with one attached hydrogen (secondary N) is 1. The molecule has 1 atom stereocenters. The molecule has 0 spiro atoms. The van der Waals surface area contributed by atoms with Crippen molar-refractivity contribution in [2.24, 2.45) is 16.6 Å². The lowest BCUT2D eigenvalue weighted by Crippen LogP contribution is -2.43. The first-order valence-corrected chi connectivity index (χ1v) is 17.4. The molecule has 10 heteroatoms. The van der Waals surface area contributed by atoms with Crippen LogP contribution in [0.5, 0.6) is 11.5 Å². The molecule has 0 amide bonds. The number of hydrogen-bond donors (Lipinski definition) is 2. The highest BCUT2D eigenvalue weighted by Crippen LogP contribution is 2.31. The summed E-state index contributed by atoms with van der Waals surface area (Å²) in [5.41, 5.74) is 10.4. The second-order valence-electron chi connectivity index (χ2n) is 11.7. The third-order valence-electron chi connectivity index (χ3n) is 8.02. The Morgan fingerprint density at radius 3 is 2.57 bits per heavy atom. The summed E-state index contributed by atoms with van der Waals surface area (Å²) in [6.45, 7) is 11.6. The van der Waals surface area contributed by atoms with Crippen LogP contribution in [-0.2, 0) is 9.84 Å². The van der Waals surface area contributed by atoms with E-state index in [4.69, 9.17) is 15.5 Å². The van der Waals surface area contributed by atoms with Crippen molar-refractivity contribution in [3.05, 3.63) is 64.3 Å². The van der Waals surface area contributed by atoms with Crippen LogP contribution in [-0.4, -0.2) is 49.2 Å². The number of aliphatic imine (C=N–C) groups is 1.